The van der Waals surface area contributed by atoms with E-state index in [9.17, 15) is 13.2 Å². The Morgan fingerprint density at radius 1 is 0.970 bits per heavy atom. The summed E-state index contributed by atoms with van der Waals surface area (Å²) in [5, 5.41) is 0. The van der Waals surface area contributed by atoms with E-state index >= 15 is 0 Å². The molecule has 0 saturated carbocycles. The number of hydrogen-bond donors (Lipinski definition) is 1. The molecule has 0 atom stereocenters. The lowest BCUT2D eigenvalue weighted by Crippen LogP contribution is -2.29. The summed E-state index contributed by atoms with van der Waals surface area (Å²) >= 11 is 0. The Kier molecular flexibility index (Phi) is 6.68. The molecule has 0 saturated heterocycles. The van der Waals surface area contributed by atoms with E-state index in [0.717, 1.165) is 40.8 Å². The molecule has 172 valence electrons. The summed E-state index contributed by atoms with van der Waals surface area (Å²) in [7, 11) is -3.63. The molecule has 1 N–H and O–H groups in total. The molecule has 1 amide bonds. The molecule has 1 heterocycles. The standard InChI is InChI=1S/C27H30N2O3S/c1-19(2)16-21-7-12-25(13-8-21)33(31,32)28-18-22-6-11-23-14-15-29(26(23)17-22)27(30)24-9-4-20(3)5-10-24/h4-13,17,19,28H,14-16,18H2,1-3H3. The number of carbonyl (C=O) groups excluding carboxylic acids is 1. The number of amides is 1. The molecule has 5 nitrogen and oxygen atoms in total. The number of nitrogens with one attached hydrogen (secondary N) is 1. The lowest BCUT2D eigenvalue weighted by Gasteiger charge is -2.18. The van der Waals surface area contributed by atoms with Gasteiger partial charge in [-0.05, 0) is 72.7 Å². The van der Waals surface area contributed by atoms with Crippen LogP contribution in [-0.4, -0.2) is 20.9 Å². The largest absolute Gasteiger partial charge is 0.308 e. The topological polar surface area (TPSA) is 66.5 Å². The molecule has 3 aromatic carbocycles. The van der Waals surface area contributed by atoms with Gasteiger partial charge in [-0.25, -0.2) is 13.1 Å². The third-order valence-corrected chi connectivity index (χ3v) is 7.35. The fourth-order valence-corrected chi connectivity index (χ4v) is 5.15. The fraction of sp³-hybridized carbons (Fsp3) is 0.296. The lowest BCUT2D eigenvalue weighted by atomic mass is 10.0. The number of benzene rings is 3. The Hall–Kier alpha value is -2.96. The first kappa shape index (κ1) is 23.2. The zero-order chi connectivity index (χ0) is 23.6. The van der Waals surface area contributed by atoms with Crippen molar-refractivity contribution >= 4 is 21.6 Å². The van der Waals surface area contributed by atoms with E-state index in [1.54, 1.807) is 17.0 Å². The van der Waals surface area contributed by atoms with Crippen molar-refractivity contribution < 1.29 is 13.2 Å². The van der Waals surface area contributed by atoms with Crippen molar-refractivity contribution in [1.82, 2.24) is 4.72 Å². The second-order valence-corrected chi connectivity index (χ2v) is 10.9. The van der Waals surface area contributed by atoms with Crippen LogP contribution in [0.4, 0.5) is 5.69 Å². The monoisotopic (exact) mass is 462 g/mol. The third-order valence-electron chi connectivity index (χ3n) is 5.93. The van der Waals surface area contributed by atoms with Gasteiger partial charge in [0.05, 0.1) is 4.90 Å². The van der Waals surface area contributed by atoms with Crippen molar-refractivity contribution in [2.24, 2.45) is 5.92 Å². The van der Waals surface area contributed by atoms with Gasteiger partial charge in [-0.2, -0.15) is 0 Å². The second-order valence-electron chi connectivity index (χ2n) is 9.10. The van der Waals surface area contributed by atoms with E-state index in [1.165, 1.54) is 0 Å². The highest BCUT2D eigenvalue weighted by Gasteiger charge is 2.26. The molecule has 0 bridgehead atoms. The van der Waals surface area contributed by atoms with E-state index in [0.29, 0.717) is 18.0 Å². The van der Waals surface area contributed by atoms with E-state index in [4.69, 9.17) is 0 Å². The van der Waals surface area contributed by atoms with Gasteiger partial charge in [0.15, 0.2) is 0 Å². The van der Waals surface area contributed by atoms with Crippen LogP contribution in [0.15, 0.2) is 71.6 Å². The molecule has 33 heavy (non-hydrogen) atoms. The molecule has 0 spiro atoms. The van der Waals surface area contributed by atoms with Crippen molar-refractivity contribution in [1.29, 1.82) is 0 Å². The van der Waals surface area contributed by atoms with Gasteiger partial charge in [0.2, 0.25) is 10.0 Å². The number of fused-ring (bicyclic) bond motifs is 1. The predicted octanol–water partition coefficient (Wildman–Crippen LogP) is 4.87. The normalized spacial score (nSPS) is 13.4. The van der Waals surface area contributed by atoms with Crippen LogP contribution < -0.4 is 9.62 Å². The van der Waals surface area contributed by atoms with Gasteiger partial charge >= 0.3 is 0 Å². The molecular weight excluding hydrogens is 432 g/mol. The van der Waals surface area contributed by atoms with Gasteiger partial charge in [-0.3, -0.25) is 4.79 Å². The highest BCUT2D eigenvalue weighted by molar-refractivity contribution is 7.89. The Labute approximate surface area is 196 Å². The average molecular weight is 463 g/mol. The second kappa shape index (κ2) is 9.49. The van der Waals surface area contributed by atoms with E-state index in [2.05, 4.69) is 18.6 Å². The van der Waals surface area contributed by atoms with Gasteiger partial charge in [0.25, 0.3) is 5.91 Å². The van der Waals surface area contributed by atoms with Crippen LogP contribution in [0, 0.1) is 12.8 Å². The number of carbonyl (C=O) groups is 1. The Morgan fingerprint density at radius 2 is 1.64 bits per heavy atom. The van der Waals surface area contributed by atoms with Crippen LogP contribution in [0.3, 0.4) is 0 Å². The van der Waals surface area contributed by atoms with Crippen molar-refractivity contribution in [2.45, 2.75) is 45.1 Å². The highest BCUT2D eigenvalue weighted by Crippen LogP contribution is 2.30. The molecule has 3 aromatic rings. The fourth-order valence-electron chi connectivity index (χ4n) is 4.14. The number of rotatable bonds is 7. The summed E-state index contributed by atoms with van der Waals surface area (Å²) in [6.07, 6.45) is 1.71. The van der Waals surface area contributed by atoms with Crippen molar-refractivity contribution in [2.75, 3.05) is 11.4 Å². The van der Waals surface area contributed by atoms with Crippen LogP contribution in [-0.2, 0) is 29.4 Å². The zero-order valence-corrected chi connectivity index (χ0v) is 20.2. The summed E-state index contributed by atoms with van der Waals surface area (Å²) in [6.45, 7) is 7.05. The number of anilines is 1. The summed E-state index contributed by atoms with van der Waals surface area (Å²) in [6, 6.07) is 20.5. The molecule has 0 aliphatic carbocycles. The Morgan fingerprint density at radius 3 is 2.30 bits per heavy atom. The minimum Gasteiger partial charge on any atom is -0.308 e. The molecule has 1 aliphatic heterocycles. The number of aryl methyl sites for hydroxylation is 1. The van der Waals surface area contributed by atoms with Crippen molar-refractivity contribution in [3.05, 3.63) is 94.5 Å². The SMILES string of the molecule is Cc1ccc(C(=O)N2CCc3ccc(CNS(=O)(=O)c4ccc(CC(C)C)cc4)cc32)cc1. The van der Waals surface area contributed by atoms with Gasteiger partial charge in [0, 0.05) is 24.3 Å². The molecule has 6 heteroatoms. The molecule has 1 aliphatic rings. The van der Waals surface area contributed by atoms with Gasteiger partial charge in [-0.15, -0.1) is 0 Å². The quantitative estimate of drug-likeness (QED) is 0.544. The van der Waals surface area contributed by atoms with Crippen LogP contribution in [0.1, 0.15) is 46.5 Å². The number of hydrogen-bond acceptors (Lipinski definition) is 3. The number of sulfonamides is 1. The molecule has 4 rings (SSSR count). The Bertz CT molecular complexity index is 1250. The zero-order valence-electron chi connectivity index (χ0n) is 19.3. The predicted molar refractivity (Wildman–Crippen MR) is 132 cm³/mol. The molecule has 0 aromatic heterocycles. The van der Waals surface area contributed by atoms with Crippen LogP contribution in [0.2, 0.25) is 0 Å². The van der Waals surface area contributed by atoms with Crippen molar-refractivity contribution in [3.8, 4) is 0 Å². The lowest BCUT2D eigenvalue weighted by molar-refractivity contribution is 0.0989. The number of nitrogens with zero attached hydrogens (tertiary/aromatic N) is 1. The van der Waals surface area contributed by atoms with Crippen LogP contribution in [0.5, 0.6) is 0 Å². The van der Waals surface area contributed by atoms with Crippen LogP contribution in [0.25, 0.3) is 0 Å². The summed E-state index contributed by atoms with van der Waals surface area (Å²) in [5.41, 5.74) is 5.66. The maximum Gasteiger partial charge on any atom is 0.258 e. The van der Waals surface area contributed by atoms with Gasteiger partial charge in [-0.1, -0.05) is 55.8 Å². The Balaban J connectivity index is 1.47. The minimum atomic E-state index is -3.63. The molecule has 0 fully saturated rings. The summed E-state index contributed by atoms with van der Waals surface area (Å²) < 4.78 is 28.3. The van der Waals surface area contributed by atoms with E-state index < -0.39 is 10.0 Å². The molecule has 0 unspecified atom stereocenters. The maximum absolute atomic E-state index is 13.0. The van der Waals surface area contributed by atoms with E-state index in [1.807, 2.05) is 61.5 Å². The molecular formula is C27H30N2O3S. The van der Waals surface area contributed by atoms with Gasteiger partial charge in [0.1, 0.15) is 0 Å². The smallest absolute Gasteiger partial charge is 0.258 e. The summed E-state index contributed by atoms with van der Waals surface area (Å²) in [4.78, 5) is 15.1. The first-order valence-electron chi connectivity index (χ1n) is 11.3. The summed E-state index contributed by atoms with van der Waals surface area (Å²) in [5.74, 6) is 0.482. The molecule has 0 radical (unpaired) electrons. The average Bonchev–Trinajstić information content (AvgIpc) is 3.21. The first-order valence-corrected chi connectivity index (χ1v) is 12.8. The minimum absolute atomic E-state index is 0.0343. The van der Waals surface area contributed by atoms with Crippen molar-refractivity contribution in [3.63, 3.8) is 0 Å². The first-order chi connectivity index (χ1) is 15.7. The maximum atomic E-state index is 13.0. The van der Waals surface area contributed by atoms with Crippen LogP contribution >= 0.6 is 0 Å². The highest BCUT2D eigenvalue weighted by atomic mass is 32.2. The van der Waals surface area contributed by atoms with E-state index in [-0.39, 0.29) is 17.3 Å². The third kappa shape index (κ3) is 5.34. The van der Waals surface area contributed by atoms with Gasteiger partial charge < -0.3 is 4.90 Å².